The number of hydrogen-bond donors (Lipinski definition) is 1. The van der Waals surface area contributed by atoms with Crippen molar-refractivity contribution in [1.29, 1.82) is 0 Å². The molecule has 0 spiro atoms. The molecule has 0 saturated heterocycles. The SMILES string of the molecule is COc1ccc(OCC(F)CN)cc1. The summed E-state index contributed by atoms with van der Waals surface area (Å²) in [6.07, 6.45) is -1.11. The topological polar surface area (TPSA) is 44.5 Å². The van der Waals surface area contributed by atoms with Crippen molar-refractivity contribution < 1.29 is 13.9 Å². The van der Waals surface area contributed by atoms with Crippen molar-refractivity contribution in [2.24, 2.45) is 5.73 Å². The first-order chi connectivity index (χ1) is 6.76. The molecule has 1 atom stereocenters. The van der Waals surface area contributed by atoms with Crippen LogP contribution in [0.1, 0.15) is 0 Å². The lowest BCUT2D eigenvalue weighted by Crippen LogP contribution is -2.22. The fraction of sp³-hybridized carbons (Fsp3) is 0.400. The van der Waals surface area contributed by atoms with Gasteiger partial charge in [0.2, 0.25) is 0 Å². The zero-order valence-electron chi connectivity index (χ0n) is 8.07. The number of hydrogen-bond acceptors (Lipinski definition) is 3. The largest absolute Gasteiger partial charge is 0.497 e. The van der Waals surface area contributed by atoms with Crippen LogP contribution in [0.3, 0.4) is 0 Å². The van der Waals surface area contributed by atoms with Gasteiger partial charge in [-0.05, 0) is 24.3 Å². The summed E-state index contributed by atoms with van der Waals surface area (Å²) in [7, 11) is 1.59. The second-order valence-electron chi connectivity index (χ2n) is 2.82. The summed E-state index contributed by atoms with van der Waals surface area (Å²) >= 11 is 0. The molecular formula is C10H14FNO2. The Morgan fingerprint density at radius 1 is 1.29 bits per heavy atom. The van der Waals surface area contributed by atoms with Gasteiger partial charge in [-0.1, -0.05) is 0 Å². The van der Waals surface area contributed by atoms with Crippen molar-refractivity contribution in [1.82, 2.24) is 0 Å². The highest BCUT2D eigenvalue weighted by molar-refractivity contribution is 5.31. The minimum Gasteiger partial charge on any atom is -0.497 e. The smallest absolute Gasteiger partial charge is 0.146 e. The van der Waals surface area contributed by atoms with Gasteiger partial charge in [-0.2, -0.15) is 0 Å². The second-order valence-corrected chi connectivity index (χ2v) is 2.82. The van der Waals surface area contributed by atoms with Gasteiger partial charge in [-0.25, -0.2) is 4.39 Å². The van der Waals surface area contributed by atoms with Gasteiger partial charge >= 0.3 is 0 Å². The molecule has 2 N–H and O–H groups in total. The average Bonchev–Trinajstić information content (AvgIpc) is 2.26. The number of halogens is 1. The molecular weight excluding hydrogens is 185 g/mol. The van der Waals surface area contributed by atoms with Crippen molar-refractivity contribution in [3.63, 3.8) is 0 Å². The summed E-state index contributed by atoms with van der Waals surface area (Å²) in [4.78, 5) is 0. The molecule has 3 nitrogen and oxygen atoms in total. The average molecular weight is 199 g/mol. The van der Waals surface area contributed by atoms with Gasteiger partial charge in [-0.3, -0.25) is 0 Å². The van der Waals surface area contributed by atoms with Gasteiger partial charge in [0.25, 0.3) is 0 Å². The van der Waals surface area contributed by atoms with E-state index in [-0.39, 0.29) is 13.2 Å². The molecule has 0 radical (unpaired) electrons. The second kappa shape index (κ2) is 5.44. The summed E-state index contributed by atoms with van der Waals surface area (Å²) in [5, 5.41) is 0. The first kappa shape index (κ1) is 10.8. The number of nitrogens with two attached hydrogens (primary N) is 1. The first-order valence-electron chi connectivity index (χ1n) is 4.37. The Bertz CT molecular complexity index is 263. The Morgan fingerprint density at radius 2 is 1.86 bits per heavy atom. The van der Waals surface area contributed by atoms with Gasteiger partial charge in [0.05, 0.1) is 7.11 Å². The number of methoxy groups -OCH3 is 1. The van der Waals surface area contributed by atoms with Crippen molar-refractivity contribution in [2.45, 2.75) is 6.17 Å². The first-order valence-corrected chi connectivity index (χ1v) is 4.37. The summed E-state index contributed by atoms with van der Waals surface area (Å²) in [6.45, 7) is -0.0288. The molecule has 14 heavy (non-hydrogen) atoms. The van der Waals surface area contributed by atoms with Crippen LogP contribution in [-0.4, -0.2) is 26.4 Å². The van der Waals surface area contributed by atoms with Crippen molar-refractivity contribution >= 4 is 0 Å². The molecule has 0 fully saturated rings. The third-order valence-electron chi connectivity index (χ3n) is 1.75. The molecule has 0 saturated carbocycles. The highest BCUT2D eigenvalue weighted by Gasteiger charge is 2.03. The fourth-order valence-corrected chi connectivity index (χ4v) is 0.927. The van der Waals surface area contributed by atoms with E-state index in [9.17, 15) is 4.39 Å². The standard InChI is InChI=1S/C10H14FNO2/c1-13-9-2-4-10(5-3-9)14-7-8(11)6-12/h2-5,8H,6-7,12H2,1H3. The van der Waals surface area contributed by atoms with Crippen molar-refractivity contribution in [2.75, 3.05) is 20.3 Å². The van der Waals surface area contributed by atoms with E-state index in [0.717, 1.165) is 5.75 Å². The maximum Gasteiger partial charge on any atom is 0.146 e. The summed E-state index contributed by atoms with van der Waals surface area (Å²) < 4.78 is 22.8. The maximum atomic E-state index is 12.7. The predicted molar refractivity (Wildman–Crippen MR) is 52.4 cm³/mol. The summed E-state index contributed by atoms with van der Waals surface area (Å²) in [5.41, 5.74) is 5.11. The number of benzene rings is 1. The van der Waals surface area contributed by atoms with E-state index >= 15 is 0 Å². The van der Waals surface area contributed by atoms with Crippen LogP contribution in [0.4, 0.5) is 4.39 Å². The van der Waals surface area contributed by atoms with Crippen LogP contribution in [0.2, 0.25) is 0 Å². The lowest BCUT2D eigenvalue weighted by molar-refractivity contribution is 0.201. The Hall–Kier alpha value is -1.29. The lowest BCUT2D eigenvalue weighted by atomic mass is 10.3. The van der Waals surface area contributed by atoms with Crippen LogP contribution in [0, 0.1) is 0 Å². The Morgan fingerprint density at radius 3 is 2.36 bits per heavy atom. The summed E-state index contributed by atoms with van der Waals surface area (Å²) in [6, 6.07) is 6.96. The van der Waals surface area contributed by atoms with Crippen LogP contribution in [0.5, 0.6) is 11.5 Å². The molecule has 4 heteroatoms. The molecule has 0 aromatic heterocycles. The van der Waals surface area contributed by atoms with Gasteiger partial charge in [-0.15, -0.1) is 0 Å². The molecule has 0 aliphatic heterocycles. The Kier molecular flexibility index (Phi) is 4.19. The third kappa shape index (κ3) is 3.22. The lowest BCUT2D eigenvalue weighted by Gasteiger charge is -2.08. The highest BCUT2D eigenvalue weighted by Crippen LogP contribution is 2.17. The quantitative estimate of drug-likeness (QED) is 0.779. The maximum absolute atomic E-state index is 12.7. The minimum absolute atomic E-state index is 0.0111. The van der Waals surface area contributed by atoms with Crippen LogP contribution < -0.4 is 15.2 Å². The van der Waals surface area contributed by atoms with Crippen LogP contribution in [0.25, 0.3) is 0 Å². The number of alkyl halides is 1. The van der Waals surface area contributed by atoms with E-state index in [0.29, 0.717) is 5.75 Å². The molecule has 0 heterocycles. The van der Waals surface area contributed by atoms with E-state index in [2.05, 4.69) is 0 Å². The summed E-state index contributed by atoms with van der Waals surface area (Å²) in [5.74, 6) is 1.36. The van der Waals surface area contributed by atoms with Crippen LogP contribution >= 0.6 is 0 Å². The van der Waals surface area contributed by atoms with Crippen LogP contribution in [-0.2, 0) is 0 Å². The van der Waals surface area contributed by atoms with Gasteiger partial charge < -0.3 is 15.2 Å². The third-order valence-corrected chi connectivity index (χ3v) is 1.75. The number of rotatable bonds is 5. The van der Waals surface area contributed by atoms with E-state index in [1.165, 1.54) is 0 Å². The Balaban J connectivity index is 2.43. The molecule has 0 amide bonds. The van der Waals surface area contributed by atoms with E-state index in [4.69, 9.17) is 15.2 Å². The van der Waals surface area contributed by atoms with Gasteiger partial charge in [0, 0.05) is 6.54 Å². The van der Waals surface area contributed by atoms with Crippen molar-refractivity contribution in [3.05, 3.63) is 24.3 Å². The number of ether oxygens (including phenoxy) is 2. The van der Waals surface area contributed by atoms with E-state index in [1.54, 1.807) is 31.4 Å². The van der Waals surface area contributed by atoms with Crippen molar-refractivity contribution in [3.8, 4) is 11.5 Å². The fourth-order valence-electron chi connectivity index (χ4n) is 0.927. The van der Waals surface area contributed by atoms with Gasteiger partial charge in [0.1, 0.15) is 24.3 Å². The molecule has 1 aromatic carbocycles. The molecule has 1 unspecified atom stereocenters. The highest BCUT2D eigenvalue weighted by atomic mass is 19.1. The molecule has 1 rings (SSSR count). The van der Waals surface area contributed by atoms with E-state index in [1.807, 2.05) is 0 Å². The molecule has 78 valence electrons. The predicted octanol–water partition coefficient (Wildman–Crippen LogP) is 1.37. The van der Waals surface area contributed by atoms with Crippen LogP contribution in [0.15, 0.2) is 24.3 Å². The monoisotopic (exact) mass is 199 g/mol. The zero-order chi connectivity index (χ0) is 10.4. The van der Waals surface area contributed by atoms with Gasteiger partial charge in [0.15, 0.2) is 0 Å². The zero-order valence-corrected chi connectivity index (χ0v) is 8.07. The molecule has 0 aliphatic carbocycles. The normalized spacial score (nSPS) is 12.2. The molecule has 0 bridgehead atoms. The molecule has 0 aliphatic rings. The minimum atomic E-state index is -1.11. The Labute approximate surface area is 82.6 Å². The molecule has 1 aromatic rings. The van der Waals surface area contributed by atoms with E-state index < -0.39 is 6.17 Å².